The van der Waals surface area contributed by atoms with Crippen molar-refractivity contribution in [2.45, 2.75) is 251 Å². The molecule has 2 aromatic rings. The van der Waals surface area contributed by atoms with Gasteiger partial charge in [0.25, 0.3) is 0 Å². The maximum atomic E-state index is 14.7. The highest BCUT2D eigenvalue weighted by atomic mass is 32.1. The molecule has 1 saturated heterocycles. The van der Waals surface area contributed by atoms with Crippen molar-refractivity contribution >= 4 is 113 Å². The van der Waals surface area contributed by atoms with Gasteiger partial charge in [0, 0.05) is 50.0 Å². The van der Waals surface area contributed by atoms with Crippen LogP contribution >= 0.6 is 12.6 Å². The fourth-order valence-electron chi connectivity index (χ4n) is 12.2. The molecule has 0 aliphatic carbocycles. The van der Waals surface area contributed by atoms with Crippen LogP contribution in [-0.4, -0.2) is 274 Å². The number of benzene rings is 1. The Morgan fingerprint density at radius 3 is 1.36 bits per heavy atom. The van der Waals surface area contributed by atoms with Crippen LogP contribution in [0.2, 0.25) is 0 Å². The van der Waals surface area contributed by atoms with E-state index in [-0.39, 0.29) is 73.4 Å². The number of H-pyrrole nitrogens is 1. The van der Waals surface area contributed by atoms with Crippen LogP contribution < -0.4 is 86.3 Å². The molecule has 42 nitrogen and oxygen atoms in total. The predicted molar refractivity (Wildman–Crippen MR) is 425 cm³/mol. The number of aliphatic hydroxyl groups is 3. The SMILES string of the molecule is CC(C)C[C@H](NC(=O)[C@@H](NC(=O)[C@@H](NC(=O)[C@@H](NC(=O)[C@H](CCC(=O)O)NC(=O)[C@H](Cc1cnc[nH]1)NC(=O)[C@@H](NC(=O)[C@H](Cc1ccc(O)cc1)NC(=O)[C@@H](NC(=O)[C@H](CCCN=C(N)N)NC(=O)[C@@H](NC(=O)[C@@H]1CCCN1C(=O)[C@@H](NC(=O)CN)C(C)C)C(C)C)[C@@H](C)O)[C@@H](C)O)C(C)C)C(C)C)[C@@H](C)O)C(=O)N[C@@H](CS)C(=O)O. The number of carboxylic acids is 2. The number of carboxylic acid groups (broad SMARTS) is 2. The van der Waals surface area contributed by atoms with Crippen molar-refractivity contribution in [1.82, 2.24) is 84.0 Å². The molecule has 0 radical (unpaired) electrons. The highest BCUT2D eigenvalue weighted by Crippen LogP contribution is 2.23. The first-order valence-corrected chi connectivity index (χ1v) is 39.2. The van der Waals surface area contributed by atoms with Crippen LogP contribution in [0.1, 0.15) is 146 Å². The third kappa shape index (κ3) is 33.0. The Balaban J connectivity index is 1.98. The van der Waals surface area contributed by atoms with Crippen LogP contribution in [0.5, 0.6) is 5.75 Å². The summed E-state index contributed by atoms with van der Waals surface area (Å²) in [6, 6.07) is -16.8. The second-order valence-electron chi connectivity index (χ2n) is 30.6. The third-order valence-electron chi connectivity index (χ3n) is 18.8. The Morgan fingerprint density at radius 2 is 0.915 bits per heavy atom. The molecule has 0 saturated carbocycles. The van der Waals surface area contributed by atoms with E-state index in [4.69, 9.17) is 17.2 Å². The molecular weight excluding hydrogens is 1550 g/mol. The number of amides is 14. The summed E-state index contributed by atoms with van der Waals surface area (Å²) in [5.41, 5.74) is 17.0. The first kappa shape index (κ1) is 100. The van der Waals surface area contributed by atoms with E-state index in [1.165, 1.54) is 69.4 Å². The molecule has 26 N–H and O–H groups in total. The standard InChI is InChI=1S/C74H120N20O22S/c1-33(2)26-46(62(104)86-49(31-117)73(115)116)83-71(113)59(40(13)97)93-68(110)55(36(7)8)90-67(109)54(35(5)6)88-61(103)45(22-23-52(100)101)81-63(105)48(28-42-30-78-32-80-42)85-70(112)58(39(12)96)92-64(106)47(27-41-18-20-43(98)21-19-41)84-69(111)57(38(11)95)91-60(102)44(16-14-24-79-74(76)77)82-66(108)53(34(3)4)89-65(107)50-17-15-25-94(50)72(114)56(37(9)10)87-51(99)29-75/h18-21,30,32-40,44-50,53-59,95-98,117H,14-17,22-29,31,75H2,1-13H3,(H,78,80)(H,81,105)(H,82,108)(H,83,113)(H,84,111)(H,85,112)(H,86,104)(H,87,99)(H,88,103)(H,89,107)(H,90,109)(H,91,102)(H,92,106)(H,93,110)(H,100,101)(H,115,116)(H4,76,77,79)/t38-,39-,40-,44+,45+,46+,47+,48+,49+,50+,53+,54+,55+,56+,57+,58+,59+/m1/s1. The van der Waals surface area contributed by atoms with Gasteiger partial charge in [-0.05, 0) is 107 Å². The van der Waals surface area contributed by atoms with E-state index in [1.807, 2.05) is 0 Å². The van der Waals surface area contributed by atoms with E-state index in [1.54, 1.807) is 41.5 Å². The molecule has 117 heavy (non-hydrogen) atoms. The summed E-state index contributed by atoms with van der Waals surface area (Å²) in [4.78, 5) is 233. The zero-order valence-corrected chi connectivity index (χ0v) is 69.0. The van der Waals surface area contributed by atoms with Crippen LogP contribution in [0, 0.1) is 29.6 Å². The van der Waals surface area contributed by atoms with Gasteiger partial charge >= 0.3 is 11.9 Å². The predicted octanol–water partition coefficient (Wildman–Crippen LogP) is -6.10. The number of likely N-dealkylation sites (tertiary alicyclic amines) is 1. The molecule has 3 rings (SSSR count). The average Bonchev–Trinajstić information content (AvgIpc) is 1.80. The number of nitrogens with zero attached hydrogens (tertiary/aromatic N) is 3. The molecule has 1 aliphatic rings. The first-order chi connectivity index (χ1) is 54.7. The van der Waals surface area contributed by atoms with Gasteiger partial charge in [0.05, 0.1) is 31.2 Å². The number of rotatable bonds is 49. The van der Waals surface area contributed by atoms with Crippen molar-refractivity contribution < 1.29 is 107 Å². The van der Waals surface area contributed by atoms with E-state index in [9.17, 15) is 107 Å². The number of aliphatic carboxylic acids is 2. The number of nitrogens with two attached hydrogens (primary N) is 3. The summed E-state index contributed by atoms with van der Waals surface area (Å²) >= 11 is 3.96. The summed E-state index contributed by atoms with van der Waals surface area (Å²) in [7, 11) is 0. The van der Waals surface area contributed by atoms with E-state index in [0.717, 1.165) is 20.8 Å². The Kier molecular flexibility index (Phi) is 41.8. The lowest BCUT2D eigenvalue weighted by molar-refractivity contribution is -0.143. The fraction of sp³-hybridized carbons (Fsp3) is 0.649. The molecule has 1 aromatic heterocycles. The van der Waals surface area contributed by atoms with Gasteiger partial charge in [0.15, 0.2) is 5.96 Å². The van der Waals surface area contributed by atoms with E-state index >= 15 is 0 Å². The highest BCUT2D eigenvalue weighted by molar-refractivity contribution is 7.80. The molecule has 2 heterocycles. The average molecular weight is 1670 g/mol. The van der Waals surface area contributed by atoms with E-state index < -0.39 is 253 Å². The maximum Gasteiger partial charge on any atom is 0.327 e. The highest BCUT2D eigenvalue weighted by Gasteiger charge is 2.43. The molecular formula is C74H120N20O22S. The second kappa shape index (κ2) is 48.7. The lowest BCUT2D eigenvalue weighted by Gasteiger charge is -2.32. The number of carbonyl (C=O) groups excluding carboxylic acids is 14. The number of nitrogens with one attached hydrogen (secondary N) is 14. The van der Waals surface area contributed by atoms with Gasteiger partial charge in [-0.2, -0.15) is 12.6 Å². The van der Waals surface area contributed by atoms with Gasteiger partial charge in [-0.1, -0.05) is 81.4 Å². The number of aromatic nitrogens is 2. The Hall–Kier alpha value is -10.8. The normalized spacial score (nSPS) is 16.8. The second-order valence-corrected chi connectivity index (χ2v) is 31.0. The lowest BCUT2D eigenvalue weighted by atomic mass is 9.98. The minimum absolute atomic E-state index is 0.00676. The van der Waals surface area contributed by atoms with Gasteiger partial charge in [0.1, 0.15) is 90.3 Å². The number of aliphatic hydroxyl groups excluding tert-OH is 3. The molecule has 0 bridgehead atoms. The number of aromatic amines is 1. The van der Waals surface area contributed by atoms with Crippen molar-refractivity contribution in [2.24, 2.45) is 51.8 Å². The smallest absolute Gasteiger partial charge is 0.327 e. The summed E-state index contributed by atoms with van der Waals surface area (Å²) in [6.07, 6.45) is -4.75. The first-order valence-electron chi connectivity index (χ1n) is 38.6. The van der Waals surface area contributed by atoms with Crippen molar-refractivity contribution in [3.05, 3.63) is 48.0 Å². The molecule has 17 atom stereocenters. The Bertz CT molecular complexity index is 3750. The largest absolute Gasteiger partial charge is 0.508 e. The van der Waals surface area contributed by atoms with Crippen LogP contribution in [-0.2, 0) is 89.6 Å². The molecule has 654 valence electrons. The van der Waals surface area contributed by atoms with Gasteiger partial charge in [-0.25, -0.2) is 9.78 Å². The van der Waals surface area contributed by atoms with Gasteiger partial charge in [-0.15, -0.1) is 0 Å². The van der Waals surface area contributed by atoms with Gasteiger partial charge in [0.2, 0.25) is 82.7 Å². The number of hydrogen-bond donors (Lipinski definition) is 24. The van der Waals surface area contributed by atoms with Gasteiger partial charge < -0.3 is 127 Å². The van der Waals surface area contributed by atoms with Crippen molar-refractivity contribution in [3.8, 4) is 5.75 Å². The van der Waals surface area contributed by atoms with Gasteiger partial charge in [-0.3, -0.25) is 76.9 Å². The molecule has 43 heteroatoms. The van der Waals surface area contributed by atoms with Crippen LogP contribution in [0.25, 0.3) is 0 Å². The number of guanidine groups is 1. The molecule has 1 aromatic carbocycles. The number of aromatic hydroxyl groups is 1. The Morgan fingerprint density at radius 1 is 0.513 bits per heavy atom. The minimum Gasteiger partial charge on any atom is -0.508 e. The van der Waals surface area contributed by atoms with E-state index in [0.29, 0.717) is 6.42 Å². The number of hydrogen-bond acceptors (Lipinski definition) is 24. The Labute approximate surface area is 683 Å². The number of thiol groups is 1. The number of aliphatic imine (C=N–C) groups is 1. The van der Waals surface area contributed by atoms with Crippen LogP contribution in [0.4, 0.5) is 0 Å². The maximum absolute atomic E-state index is 14.7. The monoisotopic (exact) mass is 1670 g/mol. The summed E-state index contributed by atoms with van der Waals surface area (Å²) < 4.78 is 0. The minimum atomic E-state index is -2.03. The number of carbonyl (C=O) groups is 16. The molecule has 1 fully saturated rings. The van der Waals surface area contributed by atoms with Crippen LogP contribution in [0.15, 0.2) is 41.8 Å². The van der Waals surface area contributed by atoms with Crippen molar-refractivity contribution in [1.29, 1.82) is 0 Å². The summed E-state index contributed by atoms with van der Waals surface area (Å²) in [5.74, 6) is -20.4. The molecule has 1 aliphatic heterocycles. The zero-order chi connectivity index (χ0) is 88.6. The lowest BCUT2D eigenvalue weighted by Crippen LogP contribution is -2.64. The van der Waals surface area contributed by atoms with Crippen molar-refractivity contribution in [2.75, 3.05) is 25.4 Å². The van der Waals surface area contributed by atoms with E-state index in [2.05, 4.69) is 96.7 Å². The molecule has 14 amide bonds. The summed E-state index contributed by atoms with van der Waals surface area (Å²) in [6.45, 7) is 19.1. The van der Waals surface area contributed by atoms with Crippen molar-refractivity contribution in [3.63, 3.8) is 0 Å². The number of phenols is 1. The third-order valence-corrected chi connectivity index (χ3v) is 19.2. The number of phenolic OH excluding ortho intramolecular Hbond substituents is 1. The molecule has 0 spiro atoms. The zero-order valence-electron chi connectivity index (χ0n) is 68.1. The quantitative estimate of drug-likeness (QED) is 0.0127. The topological polar surface area (TPSA) is 673 Å². The van der Waals surface area contributed by atoms with Crippen LogP contribution in [0.3, 0.4) is 0 Å². The molecule has 0 unspecified atom stereocenters. The fourth-order valence-corrected chi connectivity index (χ4v) is 12.5. The number of imidazole rings is 1. The summed E-state index contributed by atoms with van der Waals surface area (Å²) in [5, 5.41) is 94.9.